The number of aromatic nitrogens is 1. The zero-order valence-corrected chi connectivity index (χ0v) is 15.9. The smallest absolute Gasteiger partial charge is 0.203 e. The molecule has 5 nitrogen and oxygen atoms in total. The van der Waals surface area contributed by atoms with E-state index < -0.39 is 0 Å². The number of thiazole rings is 1. The quantitative estimate of drug-likeness (QED) is 0.798. The molecule has 1 heterocycles. The standard InChI is InChI=1S/C19H26N2O3S/c1-22-15-9-13(10-16(23-2)19(15)24-3)17-11-21-18(25-17)12-20-14-7-5-4-6-8-14/h9-11,14,20H,4-8,12H2,1-3H3. The molecule has 136 valence electrons. The third kappa shape index (κ3) is 4.25. The lowest BCUT2D eigenvalue weighted by Gasteiger charge is -2.22. The highest BCUT2D eigenvalue weighted by Crippen LogP contribution is 2.42. The molecule has 0 radical (unpaired) electrons. The molecule has 1 aliphatic rings. The van der Waals surface area contributed by atoms with Crippen LogP contribution in [0.3, 0.4) is 0 Å². The monoisotopic (exact) mass is 362 g/mol. The topological polar surface area (TPSA) is 52.6 Å². The van der Waals surface area contributed by atoms with Crippen LogP contribution in [-0.4, -0.2) is 32.4 Å². The molecule has 3 rings (SSSR count). The van der Waals surface area contributed by atoms with Gasteiger partial charge in [0.2, 0.25) is 5.75 Å². The fraction of sp³-hybridized carbons (Fsp3) is 0.526. The summed E-state index contributed by atoms with van der Waals surface area (Å²) in [6.07, 6.45) is 8.54. The molecular weight excluding hydrogens is 336 g/mol. The molecular formula is C19H26N2O3S. The molecule has 1 aliphatic carbocycles. The van der Waals surface area contributed by atoms with E-state index in [0.717, 1.165) is 22.0 Å². The first-order valence-corrected chi connectivity index (χ1v) is 9.55. The van der Waals surface area contributed by atoms with Gasteiger partial charge in [0.25, 0.3) is 0 Å². The third-order valence-electron chi connectivity index (χ3n) is 4.65. The maximum atomic E-state index is 5.44. The molecule has 0 amide bonds. The molecule has 1 saturated carbocycles. The fourth-order valence-electron chi connectivity index (χ4n) is 3.29. The van der Waals surface area contributed by atoms with Crippen molar-refractivity contribution in [2.45, 2.75) is 44.7 Å². The van der Waals surface area contributed by atoms with Gasteiger partial charge in [0.05, 0.1) is 26.2 Å². The van der Waals surface area contributed by atoms with E-state index in [-0.39, 0.29) is 0 Å². The maximum absolute atomic E-state index is 5.44. The minimum Gasteiger partial charge on any atom is -0.493 e. The molecule has 0 unspecified atom stereocenters. The van der Waals surface area contributed by atoms with Gasteiger partial charge in [-0.3, -0.25) is 0 Å². The van der Waals surface area contributed by atoms with Crippen molar-refractivity contribution < 1.29 is 14.2 Å². The van der Waals surface area contributed by atoms with Gasteiger partial charge in [-0.1, -0.05) is 19.3 Å². The van der Waals surface area contributed by atoms with Gasteiger partial charge < -0.3 is 19.5 Å². The Bertz CT molecular complexity index is 671. The largest absolute Gasteiger partial charge is 0.493 e. The Morgan fingerprint density at radius 3 is 2.32 bits per heavy atom. The lowest BCUT2D eigenvalue weighted by Crippen LogP contribution is -2.30. The average Bonchev–Trinajstić information content (AvgIpc) is 3.15. The van der Waals surface area contributed by atoms with Crippen molar-refractivity contribution in [3.05, 3.63) is 23.3 Å². The van der Waals surface area contributed by atoms with Crippen LogP contribution in [0.25, 0.3) is 10.4 Å². The molecule has 0 saturated heterocycles. The average molecular weight is 362 g/mol. The second-order valence-corrected chi connectivity index (χ2v) is 7.36. The molecule has 0 bridgehead atoms. The van der Waals surface area contributed by atoms with Crippen LogP contribution in [0.15, 0.2) is 18.3 Å². The van der Waals surface area contributed by atoms with E-state index in [1.165, 1.54) is 32.1 Å². The number of benzene rings is 1. The predicted molar refractivity (Wildman–Crippen MR) is 101 cm³/mol. The van der Waals surface area contributed by atoms with Gasteiger partial charge in [-0.15, -0.1) is 11.3 Å². The Labute approximate surface area is 153 Å². The molecule has 1 N–H and O–H groups in total. The molecule has 0 atom stereocenters. The fourth-order valence-corrected chi connectivity index (χ4v) is 4.14. The summed E-state index contributed by atoms with van der Waals surface area (Å²) in [6, 6.07) is 4.57. The van der Waals surface area contributed by atoms with Crippen LogP contribution in [0.1, 0.15) is 37.1 Å². The minimum atomic E-state index is 0.609. The highest BCUT2D eigenvalue weighted by Gasteiger charge is 2.16. The van der Waals surface area contributed by atoms with Gasteiger partial charge in [-0.25, -0.2) is 4.98 Å². The summed E-state index contributed by atoms with van der Waals surface area (Å²) >= 11 is 1.70. The van der Waals surface area contributed by atoms with E-state index in [9.17, 15) is 0 Å². The van der Waals surface area contributed by atoms with Crippen molar-refractivity contribution in [2.24, 2.45) is 0 Å². The van der Waals surface area contributed by atoms with Crippen LogP contribution in [0.4, 0.5) is 0 Å². The summed E-state index contributed by atoms with van der Waals surface area (Å²) in [6.45, 7) is 0.833. The Kier molecular flexibility index (Phi) is 6.15. The SMILES string of the molecule is COc1cc(-c2cnc(CNC3CCCCC3)s2)cc(OC)c1OC. The number of hydrogen-bond donors (Lipinski definition) is 1. The van der Waals surface area contributed by atoms with Crippen LogP contribution in [-0.2, 0) is 6.54 Å². The van der Waals surface area contributed by atoms with E-state index in [0.29, 0.717) is 23.3 Å². The van der Waals surface area contributed by atoms with Gasteiger partial charge in [0.1, 0.15) is 5.01 Å². The summed E-state index contributed by atoms with van der Waals surface area (Å²) in [5, 5.41) is 4.75. The van der Waals surface area contributed by atoms with Crippen LogP contribution in [0, 0.1) is 0 Å². The Hall–Kier alpha value is -1.79. The van der Waals surface area contributed by atoms with Crippen molar-refractivity contribution in [3.8, 4) is 27.7 Å². The first-order valence-electron chi connectivity index (χ1n) is 8.73. The van der Waals surface area contributed by atoms with Gasteiger partial charge in [-0.2, -0.15) is 0 Å². The summed E-state index contributed by atoms with van der Waals surface area (Å²) in [4.78, 5) is 5.67. The number of nitrogens with one attached hydrogen (secondary N) is 1. The van der Waals surface area contributed by atoms with Crippen LogP contribution < -0.4 is 19.5 Å². The van der Waals surface area contributed by atoms with Gasteiger partial charge in [0, 0.05) is 24.3 Å². The normalized spacial score (nSPS) is 15.2. The van der Waals surface area contributed by atoms with E-state index in [4.69, 9.17) is 14.2 Å². The molecule has 1 fully saturated rings. The first-order chi connectivity index (χ1) is 12.2. The summed E-state index contributed by atoms with van der Waals surface area (Å²) in [5.41, 5.74) is 1.02. The minimum absolute atomic E-state index is 0.609. The molecule has 2 aromatic rings. The summed E-state index contributed by atoms with van der Waals surface area (Å²) in [7, 11) is 4.88. The van der Waals surface area contributed by atoms with Crippen LogP contribution >= 0.6 is 11.3 Å². The number of ether oxygens (including phenoxy) is 3. The van der Waals surface area contributed by atoms with Gasteiger partial charge in [0.15, 0.2) is 11.5 Å². The maximum Gasteiger partial charge on any atom is 0.203 e. The second kappa shape index (κ2) is 8.54. The Morgan fingerprint density at radius 2 is 1.72 bits per heavy atom. The van der Waals surface area contributed by atoms with Gasteiger partial charge >= 0.3 is 0 Å². The Balaban J connectivity index is 1.74. The molecule has 1 aromatic carbocycles. The van der Waals surface area contributed by atoms with Crippen molar-refractivity contribution in [1.82, 2.24) is 10.3 Å². The third-order valence-corrected chi connectivity index (χ3v) is 5.70. The molecule has 1 aromatic heterocycles. The number of rotatable bonds is 7. The number of methoxy groups -OCH3 is 3. The molecule has 0 aliphatic heterocycles. The summed E-state index contributed by atoms with van der Waals surface area (Å²) in [5.74, 6) is 1.93. The highest BCUT2D eigenvalue weighted by molar-refractivity contribution is 7.15. The van der Waals surface area contributed by atoms with Crippen molar-refractivity contribution >= 4 is 11.3 Å². The van der Waals surface area contributed by atoms with Gasteiger partial charge in [-0.05, 0) is 25.0 Å². The van der Waals surface area contributed by atoms with E-state index in [2.05, 4.69) is 10.3 Å². The summed E-state index contributed by atoms with van der Waals surface area (Å²) < 4.78 is 16.3. The lowest BCUT2D eigenvalue weighted by atomic mass is 9.96. The molecule has 6 heteroatoms. The van der Waals surface area contributed by atoms with Crippen LogP contribution in [0.2, 0.25) is 0 Å². The zero-order valence-electron chi connectivity index (χ0n) is 15.1. The van der Waals surface area contributed by atoms with E-state index in [1.807, 2.05) is 18.3 Å². The second-order valence-electron chi connectivity index (χ2n) is 6.25. The Morgan fingerprint density at radius 1 is 1.04 bits per heavy atom. The zero-order chi connectivity index (χ0) is 17.6. The molecule has 0 spiro atoms. The van der Waals surface area contributed by atoms with Crippen molar-refractivity contribution in [2.75, 3.05) is 21.3 Å². The number of nitrogens with zero attached hydrogens (tertiary/aromatic N) is 1. The van der Waals surface area contributed by atoms with Crippen molar-refractivity contribution in [3.63, 3.8) is 0 Å². The van der Waals surface area contributed by atoms with E-state index >= 15 is 0 Å². The highest BCUT2D eigenvalue weighted by atomic mass is 32.1. The van der Waals surface area contributed by atoms with E-state index in [1.54, 1.807) is 32.7 Å². The lowest BCUT2D eigenvalue weighted by molar-refractivity contribution is 0.324. The predicted octanol–water partition coefficient (Wildman–Crippen LogP) is 4.26. The first kappa shape index (κ1) is 18.0. The number of hydrogen-bond acceptors (Lipinski definition) is 6. The van der Waals surface area contributed by atoms with Crippen LogP contribution in [0.5, 0.6) is 17.2 Å². The van der Waals surface area contributed by atoms with Crippen molar-refractivity contribution in [1.29, 1.82) is 0 Å². The molecule has 25 heavy (non-hydrogen) atoms.